The largest absolute Gasteiger partial charge is 0.373 e. The lowest BCUT2D eigenvalue weighted by Gasteiger charge is -2.16. The molecule has 22 nitrogen and oxygen atoms in total. The van der Waals surface area contributed by atoms with E-state index in [1.165, 1.54) is 12.1 Å². The van der Waals surface area contributed by atoms with E-state index in [9.17, 15) is 38.4 Å². The van der Waals surface area contributed by atoms with Crippen LogP contribution in [0.2, 0.25) is 0 Å². The number of ether oxygens (including phenoxy) is 6. The summed E-state index contributed by atoms with van der Waals surface area (Å²) in [4.78, 5) is 112. The van der Waals surface area contributed by atoms with Gasteiger partial charge in [0.25, 0.3) is 0 Å². The van der Waals surface area contributed by atoms with Gasteiger partial charge in [-0.2, -0.15) is 10.2 Å². The van der Waals surface area contributed by atoms with Crippen LogP contribution < -0.4 is 11.1 Å². The molecule has 0 aliphatic carbocycles. The van der Waals surface area contributed by atoms with Crippen LogP contribution in [0.1, 0.15) is 171 Å². The maximum Gasteiger partial charge on any atom is 0.248 e. The van der Waals surface area contributed by atoms with Crippen molar-refractivity contribution in [1.29, 1.82) is 0 Å². The van der Waals surface area contributed by atoms with Crippen LogP contribution in [0.3, 0.4) is 0 Å². The van der Waals surface area contributed by atoms with E-state index < -0.39 is 0 Å². The molecule has 0 amide bonds. The standard InChI is InChI=1S/C12H18N2O2.2C12H17NO3.2C12H17NO2.C11H18N2O2/c1-9-13-5-10(6-14-9)7-16-8-11(15)12(2,3)4;1-12(2,3)10(14)8-16-7-9-4-5-11(15)13-6-9;1-12(2,3)10(14)8-16-7-9-5-4-6-11(15)13-9;1-12(2,3)11(14)9-15-8-10-5-4-6-13-7-10;1-12(2,3)11(14)9-15-8-10-6-4-5-7-13-10;1-11(2,3)10(14)8-15-7-5-9-4-6-12-13-9/h5-6H,7-8H2,1-4H3;2*4-6H,7-8H2,1-3H3,(H,13,15);2*4-7H,8-9H2,1-3H3;6H,4-5,7-8H2,1-3H3. The van der Waals surface area contributed by atoms with Crippen LogP contribution in [0, 0.1) is 39.4 Å². The second-order valence-electron chi connectivity index (χ2n) is 27.9. The smallest absolute Gasteiger partial charge is 0.248 e. The number of H-pyrrole nitrogens is 2. The van der Waals surface area contributed by atoms with Crippen molar-refractivity contribution in [2.24, 2.45) is 42.7 Å². The van der Waals surface area contributed by atoms with Gasteiger partial charge in [0.1, 0.15) is 45.5 Å². The molecular weight excluding hydrogens is 1190 g/mol. The van der Waals surface area contributed by atoms with Gasteiger partial charge in [0.2, 0.25) is 11.1 Å². The molecule has 0 radical (unpaired) electrons. The number of nitrogens with one attached hydrogen (secondary N) is 2. The number of carbonyl (C=O) groups is 6. The molecule has 5 aromatic rings. The maximum absolute atomic E-state index is 11.6. The highest BCUT2D eigenvalue weighted by Crippen LogP contribution is 2.19. The van der Waals surface area contributed by atoms with Crippen LogP contribution >= 0.6 is 0 Å². The molecule has 0 spiro atoms. The number of hydrogen-bond donors (Lipinski definition) is 2. The fraction of sp³-hybridized carbons (Fsp3) is 0.549. The SMILES string of the molecule is CC(C)(C)C(=O)COCCC1=NN=CC1.CC(C)(C)C(=O)COCc1ccc(=O)[nH]c1.CC(C)(C)C(=O)COCc1cccc(=O)[nH]1.CC(C)(C)C(=O)COCc1ccccn1.CC(C)(C)C(=O)COCc1cccnc1.Cc1ncc(COCC(=O)C(C)(C)C)cn1. The summed E-state index contributed by atoms with van der Waals surface area (Å²) in [6, 6.07) is 17.4. The van der Waals surface area contributed by atoms with Gasteiger partial charge in [-0.1, -0.05) is 143 Å². The van der Waals surface area contributed by atoms with Gasteiger partial charge in [0.05, 0.1) is 45.3 Å². The predicted molar refractivity (Wildman–Crippen MR) is 360 cm³/mol. The van der Waals surface area contributed by atoms with Gasteiger partial charge >= 0.3 is 0 Å². The molecule has 1 aliphatic rings. The lowest BCUT2D eigenvalue weighted by atomic mass is 9.91. The van der Waals surface area contributed by atoms with E-state index in [2.05, 4.69) is 40.1 Å². The van der Waals surface area contributed by atoms with Gasteiger partial charge in [-0.3, -0.25) is 48.3 Å². The van der Waals surface area contributed by atoms with Crippen molar-refractivity contribution in [2.45, 2.75) is 177 Å². The monoisotopic (exact) mass is 1290 g/mol. The summed E-state index contributed by atoms with van der Waals surface area (Å²) in [7, 11) is 0. The zero-order valence-corrected chi connectivity index (χ0v) is 58.6. The third-order valence-corrected chi connectivity index (χ3v) is 12.8. The Balaban J connectivity index is 0.000000558. The molecule has 0 atom stereocenters. The van der Waals surface area contributed by atoms with Crippen molar-refractivity contribution >= 4 is 46.6 Å². The molecule has 0 bridgehead atoms. The number of aromatic amines is 2. The highest BCUT2D eigenvalue weighted by Gasteiger charge is 2.25. The quantitative estimate of drug-likeness (QED) is 0.0513. The molecule has 0 saturated heterocycles. The number of Topliss-reactive ketones (excluding diaryl/α,β-unsaturated/α-hetero) is 6. The zero-order valence-electron chi connectivity index (χ0n) is 58.6. The number of nitrogens with zero attached hydrogens (tertiary/aromatic N) is 6. The summed E-state index contributed by atoms with van der Waals surface area (Å²) in [5, 5.41) is 7.68. The number of rotatable bonds is 25. The second-order valence-corrected chi connectivity index (χ2v) is 27.9. The van der Waals surface area contributed by atoms with E-state index >= 15 is 0 Å². The lowest BCUT2D eigenvalue weighted by Crippen LogP contribution is -2.25. The molecule has 0 unspecified atom stereocenters. The topological polar surface area (TPSA) is 300 Å². The molecule has 1 aliphatic heterocycles. The number of pyridine rings is 4. The van der Waals surface area contributed by atoms with E-state index in [1.807, 2.05) is 162 Å². The van der Waals surface area contributed by atoms with E-state index in [1.54, 1.807) is 61.6 Å². The van der Waals surface area contributed by atoms with E-state index in [4.69, 9.17) is 28.4 Å². The molecule has 5 aromatic heterocycles. The van der Waals surface area contributed by atoms with Crippen molar-refractivity contribution in [3.05, 3.63) is 152 Å². The number of aromatic nitrogens is 6. The van der Waals surface area contributed by atoms with Crippen molar-refractivity contribution in [1.82, 2.24) is 29.9 Å². The van der Waals surface area contributed by atoms with Gasteiger partial charge in [-0.15, -0.1) is 0 Å². The third-order valence-electron chi connectivity index (χ3n) is 12.8. The fourth-order valence-corrected chi connectivity index (χ4v) is 5.97. The number of carbonyl (C=O) groups excluding carboxylic acids is 6. The summed E-state index contributed by atoms with van der Waals surface area (Å²) < 4.78 is 31.8. The molecule has 0 saturated carbocycles. The molecule has 512 valence electrons. The Labute approximate surface area is 550 Å². The van der Waals surface area contributed by atoms with Crippen molar-refractivity contribution < 1.29 is 57.2 Å². The Bertz CT molecular complexity index is 3120. The number of hydrogen-bond acceptors (Lipinski definition) is 20. The maximum atomic E-state index is 11.6. The van der Waals surface area contributed by atoms with Gasteiger partial charge in [-0.25, -0.2) is 9.97 Å². The van der Waals surface area contributed by atoms with Crippen LogP contribution in [0.25, 0.3) is 0 Å². The predicted octanol–water partition coefficient (Wildman–Crippen LogP) is 11.2. The van der Waals surface area contributed by atoms with Crippen LogP contribution in [-0.4, -0.2) is 123 Å². The van der Waals surface area contributed by atoms with Crippen LogP contribution in [0.15, 0.2) is 118 Å². The fourth-order valence-electron chi connectivity index (χ4n) is 5.97. The Morgan fingerprint density at radius 2 is 0.903 bits per heavy atom. The van der Waals surface area contributed by atoms with Crippen molar-refractivity contribution in [2.75, 3.05) is 46.2 Å². The lowest BCUT2D eigenvalue weighted by molar-refractivity contribution is -0.132. The van der Waals surface area contributed by atoms with Crippen molar-refractivity contribution in [3.63, 3.8) is 0 Å². The first kappa shape index (κ1) is 83.4. The summed E-state index contributed by atoms with van der Waals surface area (Å²) in [6.07, 6.45) is 13.5. The minimum atomic E-state index is -0.385. The van der Waals surface area contributed by atoms with E-state index in [0.29, 0.717) is 38.7 Å². The third kappa shape index (κ3) is 40.9. The molecular formula is C71H104N8O14. The Hall–Kier alpha value is -7.60. The molecule has 2 N–H and O–H groups in total. The highest BCUT2D eigenvalue weighted by atomic mass is 16.5. The normalized spacial score (nSPS) is 12.1. The molecule has 0 fully saturated rings. The Kier molecular flexibility index (Phi) is 37.6. The summed E-state index contributed by atoms with van der Waals surface area (Å²) in [5.74, 6) is 1.30. The first-order valence-electron chi connectivity index (χ1n) is 30.8. The minimum Gasteiger partial charge on any atom is -0.373 e. The molecule has 6 rings (SSSR count). The first-order chi connectivity index (χ1) is 43.2. The van der Waals surface area contributed by atoms with Gasteiger partial charge in [0, 0.05) is 118 Å². The van der Waals surface area contributed by atoms with Crippen LogP contribution in [0.4, 0.5) is 0 Å². The number of ketones is 6. The molecule has 0 aromatic carbocycles. The summed E-state index contributed by atoms with van der Waals surface area (Å²) >= 11 is 0. The average Bonchev–Trinajstić information content (AvgIpc) is 4.25. The van der Waals surface area contributed by atoms with E-state index in [-0.39, 0.29) is 125 Å². The second kappa shape index (κ2) is 41.9. The summed E-state index contributed by atoms with van der Waals surface area (Å²) in [6.45, 7) is 38.8. The van der Waals surface area contributed by atoms with Gasteiger partial charge < -0.3 is 38.4 Å². The van der Waals surface area contributed by atoms with Gasteiger partial charge in [-0.05, 0) is 48.4 Å². The van der Waals surface area contributed by atoms with Crippen molar-refractivity contribution in [3.8, 4) is 0 Å². The minimum absolute atomic E-state index is 0.0470. The van der Waals surface area contributed by atoms with E-state index in [0.717, 1.165) is 46.8 Å². The molecule has 93 heavy (non-hydrogen) atoms. The Morgan fingerprint density at radius 3 is 1.31 bits per heavy atom. The number of aryl methyl sites for hydroxylation is 1. The average molecular weight is 1290 g/mol. The molecule has 22 heteroatoms. The van der Waals surface area contributed by atoms with Crippen LogP contribution in [0.5, 0.6) is 0 Å². The molecule has 6 heterocycles. The van der Waals surface area contributed by atoms with Crippen LogP contribution in [-0.2, 0) is 90.2 Å². The first-order valence-corrected chi connectivity index (χ1v) is 30.8. The summed E-state index contributed by atoms with van der Waals surface area (Å²) in [5.41, 5.74) is 2.89. The highest BCUT2D eigenvalue weighted by molar-refractivity contribution is 5.98. The zero-order chi connectivity index (χ0) is 70.5. The van der Waals surface area contributed by atoms with Gasteiger partial charge in [0.15, 0.2) is 34.7 Å². The Morgan fingerprint density at radius 1 is 0.441 bits per heavy atom.